The van der Waals surface area contributed by atoms with Crippen molar-refractivity contribution in [1.29, 1.82) is 0 Å². The van der Waals surface area contributed by atoms with Crippen molar-refractivity contribution < 1.29 is 17.6 Å². The maximum atomic E-state index is 13.0. The number of rotatable bonds is 5. The first-order valence-electron chi connectivity index (χ1n) is 9.01. The molecule has 0 radical (unpaired) electrons. The standard InChI is InChI=1S/C20H23FN2O3S2/c1-15-3-4-16(2)19(13-15)27-14-20(24)22-9-11-23(12-10-22)28(25,26)18-7-5-17(21)6-8-18/h3-8,13H,9-12,14H2,1-2H3. The highest BCUT2D eigenvalue weighted by molar-refractivity contribution is 8.00. The Hall–Kier alpha value is -1.90. The minimum atomic E-state index is -3.67. The second-order valence-electron chi connectivity index (χ2n) is 6.80. The fourth-order valence-electron chi connectivity index (χ4n) is 3.03. The van der Waals surface area contributed by atoms with E-state index in [1.807, 2.05) is 26.0 Å². The zero-order chi connectivity index (χ0) is 20.3. The SMILES string of the molecule is Cc1ccc(C)c(SCC(=O)N2CCN(S(=O)(=O)c3ccc(F)cc3)CC2)c1. The van der Waals surface area contributed by atoms with Crippen molar-refractivity contribution in [2.24, 2.45) is 0 Å². The highest BCUT2D eigenvalue weighted by Crippen LogP contribution is 2.24. The van der Waals surface area contributed by atoms with Crippen molar-refractivity contribution in [1.82, 2.24) is 9.21 Å². The largest absolute Gasteiger partial charge is 0.339 e. The smallest absolute Gasteiger partial charge is 0.243 e. The number of hydrogen-bond acceptors (Lipinski definition) is 4. The van der Waals surface area contributed by atoms with Gasteiger partial charge in [0.15, 0.2) is 0 Å². The summed E-state index contributed by atoms with van der Waals surface area (Å²) in [5, 5.41) is 0. The number of thioether (sulfide) groups is 1. The van der Waals surface area contributed by atoms with Gasteiger partial charge in [0.25, 0.3) is 0 Å². The Labute approximate surface area is 169 Å². The van der Waals surface area contributed by atoms with Crippen molar-refractivity contribution >= 4 is 27.7 Å². The van der Waals surface area contributed by atoms with Crippen LogP contribution in [0.15, 0.2) is 52.3 Å². The van der Waals surface area contributed by atoms with E-state index in [0.717, 1.165) is 28.2 Å². The summed E-state index contributed by atoms with van der Waals surface area (Å²) in [7, 11) is -3.67. The molecule has 0 atom stereocenters. The molecule has 8 heteroatoms. The molecule has 150 valence electrons. The summed E-state index contributed by atoms with van der Waals surface area (Å²) in [6.45, 7) is 5.22. The van der Waals surface area contributed by atoms with E-state index in [2.05, 4.69) is 6.07 Å². The van der Waals surface area contributed by atoms with Gasteiger partial charge < -0.3 is 4.90 Å². The summed E-state index contributed by atoms with van der Waals surface area (Å²) in [5.41, 5.74) is 2.29. The Morgan fingerprint density at radius 1 is 1.04 bits per heavy atom. The van der Waals surface area contributed by atoms with Gasteiger partial charge in [0.1, 0.15) is 5.82 Å². The van der Waals surface area contributed by atoms with E-state index in [0.29, 0.717) is 18.8 Å². The molecule has 1 aliphatic rings. The molecule has 5 nitrogen and oxygen atoms in total. The van der Waals surface area contributed by atoms with Gasteiger partial charge in [-0.05, 0) is 49.7 Å². The van der Waals surface area contributed by atoms with Gasteiger partial charge in [-0.25, -0.2) is 12.8 Å². The number of piperazine rings is 1. The van der Waals surface area contributed by atoms with Crippen LogP contribution in [-0.4, -0.2) is 55.5 Å². The molecular weight excluding hydrogens is 399 g/mol. The van der Waals surface area contributed by atoms with Gasteiger partial charge in [-0.15, -0.1) is 11.8 Å². The Morgan fingerprint density at radius 2 is 1.68 bits per heavy atom. The second kappa shape index (κ2) is 8.63. The number of carbonyl (C=O) groups excluding carboxylic acids is 1. The number of aryl methyl sites for hydroxylation is 2. The van der Waals surface area contributed by atoms with Crippen molar-refractivity contribution in [2.75, 3.05) is 31.9 Å². The van der Waals surface area contributed by atoms with Crippen LogP contribution in [0.3, 0.4) is 0 Å². The quantitative estimate of drug-likeness (QED) is 0.695. The van der Waals surface area contributed by atoms with Crippen LogP contribution in [0, 0.1) is 19.7 Å². The van der Waals surface area contributed by atoms with E-state index >= 15 is 0 Å². The molecule has 1 heterocycles. The predicted molar refractivity (Wildman–Crippen MR) is 108 cm³/mol. The summed E-state index contributed by atoms with van der Waals surface area (Å²) in [5.74, 6) is -0.143. The number of carbonyl (C=O) groups is 1. The summed E-state index contributed by atoms with van der Waals surface area (Å²) in [4.78, 5) is 15.4. The van der Waals surface area contributed by atoms with E-state index in [1.54, 1.807) is 4.90 Å². The van der Waals surface area contributed by atoms with E-state index in [4.69, 9.17) is 0 Å². The van der Waals surface area contributed by atoms with Crippen molar-refractivity contribution in [2.45, 2.75) is 23.6 Å². The third-order valence-corrected chi connectivity index (χ3v) is 7.79. The van der Waals surface area contributed by atoms with Crippen LogP contribution in [0.4, 0.5) is 4.39 Å². The average Bonchev–Trinajstić information content (AvgIpc) is 2.69. The third kappa shape index (κ3) is 4.74. The molecule has 28 heavy (non-hydrogen) atoms. The zero-order valence-electron chi connectivity index (χ0n) is 15.9. The van der Waals surface area contributed by atoms with Crippen molar-refractivity contribution in [3.05, 3.63) is 59.4 Å². The van der Waals surface area contributed by atoms with Crippen LogP contribution in [-0.2, 0) is 14.8 Å². The Balaban J connectivity index is 1.56. The van der Waals surface area contributed by atoms with E-state index in [9.17, 15) is 17.6 Å². The molecule has 0 aliphatic carbocycles. The molecule has 0 unspecified atom stereocenters. The summed E-state index contributed by atoms with van der Waals surface area (Å²) >= 11 is 1.51. The van der Waals surface area contributed by atoms with Crippen LogP contribution in [0.25, 0.3) is 0 Å². The molecule has 2 aromatic rings. The molecule has 1 saturated heterocycles. The van der Waals surface area contributed by atoms with Gasteiger partial charge in [0.05, 0.1) is 10.6 Å². The molecule has 1 fully saturated rings. The molecule has 3 rings (SSSR count). The van der Waals surface area contributed by atoms with Gasteiger partial charge in [-0.3, -0.25) is 4.79 Å². The monoisotopic (exact) mass is 422 g/mol. The van der Waals surface area contributed by atoms with Crippen LogP contribution >= 0.6 is 11.8 Å². The lowest BCUT2D eigenvalue weighted by Gasteiger charge is -2.34. The van der Waals surface area contributed by atoms with E-state index in [1.165, 1.54) is 28.2 Å². The molecule has 1 amide bonds. The lowest BCUT2D eigenvalue weighted by atomic mass is 10.2. The van der Waals surface area contributed by atoms with E-state index in [-0.39, 0.29) is 23.9 Å². The number of hydrogen-bond donors (Lipinski definition) is 0. The maximum absolute atomic E-state index is 13.0. The van der Waals surface area contributed by atoms with Gasteiger partial charge in [-0.2, -0.15) is 4.31 Å². The fourth-order valence-corrected chi connectivity index (χ4v) is 5.48. The van der Waals surface area contributed by atoms with Gasteiger partial charge in [-0.1, -0.05) is 17.7 Å². The first-order valence-corrected chi connectivity index (χ1v) is 11.4. The molecule has 0 spiro atoms. The lowest BCUT2D eigenvalue weighted by molar-refractivity contribution is -0.129. The van der Waals surface area contributed by atoms with Crippen LogP contribution in [0.1, 0.15) is 11.1 Å². The topological polar surface area (TPSA) is 57.7 Å². The number of nitrogens with zero attached hydrogens (tertiary/aromatic N) is 2. The van der Waals surface area contributed by atoms with Crippen LogP contribution in [0.5, 0.6) is 0 Å². The number of sulfonamides is 1. The van der Waals surface area contributed by atoms with Crippen molar-refractivity contribution in [3.8, 4) is 0 Å². The normalized spacial score (nSPS) is 15.6. The maximum Gasteiger partial charge on any atom is 0.243 e. The van der Waals surface area contributed by atoms with E-state index < -0.39 is 15.8 Å². The average molecular weight is 423 g/mol. The summed E-state index contributed by atoms with van der Waals surface area (Å²) in [6.07, 6.45) is 0. The molecule has 0 bridgehead atoms. The third-order valence-electron chi connectivity index (χ3n) is 4.74. The second-order valence-corrected chi connectivity index (χ2v) is 9.75. The Bertz CT molecular complexity index is 954. The van der Waals surface area contributed by atoms with Gasteiger partial charge >= 0.3 is 0 Å². The lowest BCUT2D eigenvalue weighted by Crippen LogP contribution is -2.50. The van der Waals surface area contributed by atoms with Gasteiger partial charge in [0.2, 0.25) is 15.9 Å². The molecular formula is C20H23FN2O3S2. The predicted octanol–water partition coefficient (Wildman–Crippen LogP) is 3.07. The highest BCUT2D eigenvalue weighted by Gasteiger charge is 2.30. The fraction of sp³-hybridized carbons (Fsp3) is 0.350. The molecule has 1 aliphatic heterocycles. The van der Waals surface area contributed by atoms with Crippen LogP contribution < -0.4 is 0 Å². The summed E-state index contributed by atoms with van der Waals surface area (Å²) < 4.78 is 39.7. The number of amides is 1. The van der Waals surface area contributed by atoms with Crippen molar-refractivity contribution in [3.63, 3.8) is 0 Å². The number of halogens is 1. The minimum absolute atomic E-state index is 0.00439. The van der Waals surface area contributed by atoms with Gasteiger partial charge in [0, 0.05) is 31.1 Å². The van der Waals surface area contributed by atoms with Crippen LogP contribution in [0.2, 0.25) is 0 Å². The Morgan fingerprint density at radius 3 is 2.32 bits per heavy atom. The minimum Gasteiger partial charge on any atom is -0.339 e. The molecule has 2 aromatic carbocycles. The summed E-state index contributed by atoms with van der Waals surface area (Å²) in [6, 6.07) is 11.0. The first-order chi connectivity index (χ1) is 13.3. The zero-order valence-corrected chi connectivity index (χ0v) is 17.5. The first kappa shape index (κ1) is 20.8. The molecule has 0 aromatic heterocycles. The Kier molecular flexibility index (Phi) is 6.42. The number of benzene rings is 2. The highest BCUT2D eigenvalue weighted by atomic mass is 32.2. The molecule has 0 N–H and O–H groups in total. The molecule has 0 saturated carbocycles.